The maximum absolute atomic E-state index is 13.0. The normalized spacial score (nSPS) is 25.9. The summed E-state index contributed by atoms with van der Waals surface area (Å²) in [5.41, 5.74) is -1.71. The maximum Gasteiger partial charge on any atom is 0.335 e. The molecule has 4 atom stereocenters. The minimum atomic E-state index is -2.35. The van der Waals surface area contributed by atoms with Crippen LogP contribution in [0.4, 0.5) is 0 Å². The molecule has 0 saturated heterocycles. The number of aliphatic hydroxyl groups is 2. The Morgan fingerprint density at radius 3 is 2.26 bits per heavy atom. The molecule has 1 saturated carbocycles. The van der Waals surface area contributed by atoms with Crippen molar-refractivity contribution in [3.05, 3.63) is 65.7 Å². The predicted molar refractivity (Wildman–Crippen MR) is 109 cm³/mol. The van der Waals surface area contributed by atoms with Gasteiger partial charge in [-0.1, -0.05) is 42.5 Å². The quantitative estimate of drug-likeness (QED) is 0.266. The van der Waals surface area contributed by atoms with Crippen LogP contribution in [-0.2, 0) is 9.59 Å². The van der Waals surface area contributed by atoms with E-state index in [1.165, 1.54) is 36.4 Å². The van der Waals surface area contributed by atoms with Crippen molar-refractivity contribution in [1.29, 1.82) is 0 Å². The molecular weight excluding hydrogens is 404 g/mol. The number of hydrogen-bond acceptors (Lipinski definition) is 7. The van der Waals surface area contributed by atoms with Crippen molar-refractivity contribution >= 4 is 23.6 Å². The lowest BCUT2D eigenvalue weighted by Gasteiger charge is -2.40. The molecule has 0 spiro atoms. The van der Waals surface area contributed by atoms with Crippen molar-refractivity contribution in [2.24, 2.45) is 11.8 Å². The number of phenolic OH excluding ortho intramolecular Hbond substituents is 2. The topological polar surface area (TPSA) is 152 Å². The molecular formula is C23H22O8. The third kappa shape index (κ3) is 4.65. The Bertz CT molecular complexity index is 1030. The van der Waals surface area contributed by atoms with Gasteiger partial charge in [0, 0.05) is 17.9 Å². The molecule has 8 heteroatoms. The van der Waals surface area contributed by atoms with Crippen LogP contribution in [0.15, 0.2) is 54.6 Å². The van der Waals surface area contributed by atoms with E-state index in [0.717, 1.165) is 6.08 Å². The summed E-state index contributed by atoms with van der Waals surface area (Å²) in [6, 6.07) is 11.9. The molecule has 2 aromatic rings. The van der Waals surface area contributed by atoms with E-state index in [4.69, 9.17) is 0 Å². The number of rotatable bonds is 6. The number of carboxylic acid groups (broad SMARTS) is 1. The molecule has 1 aliphatic rings. The minimum Gasteiger partial charge on any atom is -0.504 e. The molecule has 4 unspecified atom stereocenters. The number of hydrogen-bond donors (Lipinski definition) is 5. The molecule has 0 amide bonds. The molecule has 162 valence electrons. The molecule has 0 bridgehead atoms. The number of carboxylic acids is 1. The highest BCUT2D eigenvalue weighted by molar-refractivity contribution is 6.04. The standard InChI is InChI=1S/C23H22O8/c24-16(8-6-13-7-9-17(25)18(26)10-13)15-11-23(31,22(29)30)12-19(27)20(15)21(28)14-4-2-1-3-5-14/h1-10,15,19-20,25-27,31H,11-12H2,(H,29,30)/b8-6+. The third-order valence-corrected chi connectivity index (χ3v) is 5.52. The monoisotopic (exact) mass is 426 g/mol. The number of Topliss-reactive ketones (excluding diaryl/α,β-unsaturated/α-hetero) is 1. The molecule has 0 heterocycles. The van der Waals surface area contributed by atoms with Crippen molar-refractivity contribution < 1.29 is 39.9 Å². The van der Waals surface area contributed by atoms with Crippen LogP contribution in [-0.4, -0.2) is 54.8 Å². The van der Waals surface area contributed by atoms with E-state index in [1.54, 1.807) is 18.2 Å². The molecule has 5 N–H and O–H groups in total. The first kappa shape index (κ1) is 22.2. The summed E-state index contributed by atoms with van der Waals surface area (Å²) in [6.45, 7) is 0. The molecule has 31 heavy (non-hydrogen) atoms. The summed E-state index contributed by atoms with van der Waals surface area (Å²) >= 11 is 0. The predicted octanol–water partition coefficient (Wildman–Crippen LogP) is 1.77. The summed E-state index contributed by atoms with van der Waals surface area (Å²) in [4.78, 5) is 37.6. The van der Waals surface area contributed by atoms with Gasteiger partial charge in [-0.15, -0.1) is 0 Å². The van der Waals surface area contributed by atoms with Crippen molar-refractivity contribution in [3.8, 4) is 11.5 Å². The number of aliphatic carboxylic acids is 1. The fourth-order valence-corrected chi connectivity index (χ4v) is 3.87. The number of aliphatic hydroxyl groups excluding tert-OH is 1. The number of phenols is 2. The SMILES string of the molecule is O=C(/C=C/c1ccc(O)c(O)c1)C1CC(O)(C(=O)O)CC(O)C1C(=O)c1ccccc1. The molecule has 0 radical (unpaired) electrons. The highest BCUT2D eigenvalue weighted by Gasteiger charge is 2.53. The zero-order valence-electron chi connectivity index (χ0n) is 16.4. The van der Waals surface area contributed by atoms with Gasteiger partial charge in [-0.2, -0.15) is 0 Å². The van der Waals surface area contributed by atoms with Crippen LogP contribution in [0.5, 0.6) is 11.5 Å². The highest BCUT2D eigenvalue weighted by atomic mass is 16.4. The Kier molecular flexibility index (Phi) is 6.24. The lowest BCUT2D eigenvalue weighted by molar-refractivity contribution is -0.172. The van der Waals surface area contributed by atoms with Crippen LogP contribution in [0.25, 0.3) is 6.08 Å². The van der Waals surface area contributed by atoms with Gasteiger partial charge in [-0.25, -0.2) is 4.79 Å². The lowest BCUT2D eigenvalue weighted by atomic mass is 9.66. The molecule has 1 fully saturated rings. The van der Waals surface area contributed by atoms with Gasteiger partial charge in [0.25, 0.3) is 0 Å². The van der Waals surface area contributed by atoms with Gasteiger partial charge in [-0.3, -0.25) is 9.59 Å². The fourth-order valence-electron chi connectivity index (χ4n) is 3.87. The van der Waals surface area contributed by atoms with Gasteiger partial charge in [0.05, 0.1) is 12.0 Å². The minimum absolute atomic E-state index is 0.262. The first-order chi connectivity index (χ1) is 14.6. The second-order valence-corrected chi connectivity index (χ2v) is 7.66. The molecule has 0 aliphatic heterocycles. The summed E-state index contributed by atoms with van der Waals surface area (Å²) in [7, 11) is 0. The average molecular weight is 426 g/mol. The third-order valence-electron chi connectivity index (χ3n) is 5.52. The van der Waals surface area contributed by atoms with Crippen molar-refractivity contribution in [3.63, 3.8) is 0 Å². The second-order valence-electron chi connectivity index (χ2n) is 7.66. The van der Waals surface area contributed by atoms with Gasteiger partial charge >= 0.3 is 5.97 Å². The Balaban J connectivity index is 1.94. The molecule has 8 nitrogen and oxygen atoms in total. The van der Waals surface area contributed by atoms with Gasteiger partial charge in [0.15, 0.2) is 28.7 Å². The highest BCUT2D eigenvalue weighted by Crippen LogP contribution is 2.40. The second kappa shape index (κ2) is 8.71. The average Bonchev–Trinajstić information content (AvgIpc) is 2.74. The number of ketones is 2. The Labute approximate surface area is 177 Å². The maximum atomic E-state index is 13.0. The molecule has 0 aromatic heterocycles. The van der Waals surface area contributed by atoms with Crippen molar-refractivity contribution in [1.82, 2.24) is 0 Å². The van der Waals surface area contributed by atoms with Gasteiger partial charge < -0.3 is 25.5 Å². The van der Waals surface area contributed by atoms with Crippen LogP contribution >= 0.6 is 0 Å². The molecule has 2 aromatic carbocycles. The number of carbonyl (C=O) groups is 3. The number of benzene rings is 2. The van der Waals surface area contributed by atoms with Gasteiger partial charge in [-0.05, 0) is 30.2 Å². The van der Waals surface area contributed by atoms with E-state index in [2.05, 4.69) is 0 Å². The van der Waals surface area contributed by atoms with Crippen molar-refractivity contribution in [2.45, 2.75) is 24.5 Å². The van der Waals surface area contributed by atoms with Crippen LogP contribution in [0, 0.1) is 11.8 Å². The van der Waals surface area contributed by atoms with E-state index in [9.17, 15) is 39.9 Å². The first-order valence-corrected chi connectivity index (χ1v) is 9.59. The number of carbonyl (C=O) groups excluding carboxylic acids is 2. The Morgan fingerprint density at radius 1 is 0.968 bits per heavy atom. The van der Waals surface area contributed by atoms with Crippen LogP contribution < -0.4 is 0 Å². The summed E-state index contributed by atoms with van der Waals surface area (Å²) in [5.74, 6) is -5.98. The summed E-state index contributed by atoms with van der Waals surface area (Å²) < 4.78 is 0. The van der Waals surface area contributed by atoms with Gasteiger partial charge in [0.2, 0.25) is 0 Å². The fraction of sp³-hybridized carbons (Fsp3) is 0.261. The molecule has 1 aliphatic carbocycles. The first-order valence-electron chi connectivity index (χ1n) is 9.59. The Hall–Kier alpha value is -3.49. The van der Waals surface area contributed by atoms with Gasteiger partial charge in [0.1, 0.15) is 0 Å². The number of allylic oxidation sites excluding steroid dienone is 1. The zero-order valence-corrected chi connectivity index (χ0v) is 16.4. The summed E-state index contributed by atoms with van der Waals surface area (Å²) in [5, 5.41) is 49.4. The molecule has 3 rings (SSSR count). The summed E-state index contributed by atoms with van der Waals surface area (Å²) in [6.07, 6.45) is -0.228. The van der Waals surface area contributed by atoms with Crippen LogP contribution in [0.3, 0.4) is 0 Å². The van der Waals surface area contributed by atoms with E-state index in [0.29, 0.717) is 5.56 Å². The lowest BCUT2D eigenvalue weighted by Crippen LogP contribution is -2.55. The van der Waals surface area contributed by atoms with Crippen molar-refractivity contribution in [2.75, 3.05) is 0 Å². The van der Waals surface area contributed by atoms with E-state index >= 15 is 0 Å². The largest absolute Gasteiger partial charge is 0.504 e. The number of aromatic hydroxyl groups is 2. The van der Waals surface area contributed by atoms with Crippen LogP contribution in [0.2, 0.25) is 0 Å². The van der Waals surface area contributed by atoms with E-state index in [-0.39, 0.29) is 17.1 Å². The van der Waals surface area contributed by atoms with E-state index in [1.807, 2.05) is 0 Å². The Morgan fingerprint density at radius 2 is 1.65 bits per heavy atom. The zero-order chi connectivity index (χ0) is 22.8. The smallest absolute Gasteiger partial charge is 0.335 e. The van der Waals surface area contributed by atoms with Crippen LogP contribution in [0.1, 0.15) is 28.8 Å². The van der Waals surface area contributed by atoms with E-state index < -0.39 is 53.9 Å².